The lowest BCUT2D eigenvalue weighted by Crippen LogP contribution is -2.34. The van der Waals surface area contributed by atoms with E-state index in [1.165, 1.54) is 18.4 Å². The van der Waals surface area contributed by atoms with Crippen molar-refractivity contribution in [1.29, 1.82) is 0 Å². The summed E-state index contributed by atoms with van der Waals surface area (Å²) in [5, 5.41) is 3.76. The molecule has 0 aliphatic heterocycles. The van der Waals surface area contributed by atoms with Crippen LogP contribution in [0.3, 0.4) is 0 Å². The molecule has 0 amide bonds. The second-order valence-electron chi connectivity index (χ2n) is 6.13. The lowest BCUT2D eigenvalue weighted by Gasteiger charge is -2.26. The minimum Gasteiger partial charge on any atom is -0.307 e. The zero-order valence-electron chi connectivity index (χ0n) is 12.5. The molecule has 18 heavy (non-hydrogen) atoms. The smallest absolute Gasteiger partial charge is 0.0315 e. The molecule has 0 bridgehead atoms. The van der Waals surface area contributed by atoms with Crippen LogP contribution in [0.4, 0.5) is 0 Å². The van der Waals surface area contributed by atoms with Gasteiger partial charge < -0.3 is 5.32 Å². The van der Waals surface area contributed by atoms with Crippen LogP contribution in [-0.2, 0) is 0 Å². The summed E-state index contributed by atoms with van der Waals surface area (Å²) in [6.07, 6.45) is 6.26. The lowest BCUT2D eigenvalue weighted by molar-refractivity contribution is 0.335. The molecule has 1 rings (SSSR count). The molecule has 1 heterocycles. The Balaban J connectivity index is 2.59. The third-order valence-corrected chi connectivity index (χ3v) is 3.18. The maximum Gasteiger partial charge on any atom is 0.0315 e. The highest BCUT2D eigenvalue weighted by Crippen LogP contribution is 2.18. The summed E-state index contributed by atoms with van der Waals surface area (Å²) in [5.74, 6) is 1.48. The van der Waals surface area contributed by atoms with Crippen molar-refractivity contribution in [3.63, 3.8) is 0 Å². The second-order valence-corrected chi connectivity index (χ2v) is 6.13. The van der Waals surface area contributed by atoms with Crippen LogP contribution >= 0.6 is 0 Å². The van der Waals surface area contributed by atoms with Crippen LogP contribution < -0.4 is 5.32 Å². The molecule has 2 nitrogen and oxygen atoms in total. The fourth-order valence-electron chi connectivity index (χ4n) is 2.45. The third-order valence-electron chi connectivity index (χ3n) is 3.18. The molecular formula is C16H28N2. The molecule has 1 N–H and O–H groups in total. The van der Waals surface area contributed by atoms with Crippen molar-refractivity contribution < 1.29 is 0 Å². The molecule has 0 unspecified atom stereocenters. The van der Waals surface area contributed by atoms with Crippen LogP contribution in [-0.4, -0.2) is 11.0 Å². The number of nitrogens with zero attached hydrogens (tertiary/aromatic N) is 1. The Morgan fingerprint density at radius 2 is 1.67 bits per heavy atom. The van der Waals surface area contributed by atoms with Crippen LogP contribution in [0.5, 0.6) is 0 Å². The van der Waals surface area contributed by atoms with E-state index in [9.17, 15) is 0 Å². The molecular weight excluding hydrogens is 220 g/mol. The molecule has 0 saturated heterocycles. The number of aromatic nitrogens is 1. The third kappa shape index (κ3) is 5.63. The van der Waals surface area contributed by atoms with Crippen LogP contribution in [0.25, 0.3) is 0 Å². The van der Waals surface area contributed by atoms with Gasteiger partial charge in [0.1, 0.15) is 0 Å². The first-order valence-corrected chi connectivity index (χ1v) is 7.15. The molecule has 1 aromatic heterocycles. The van der Waals surface area contributed by atoms with E-state index in [4.69, 9.17) is 0 Å². The first kappa shape index (κ1) is 15.2. The summed E-state index contributed by atoms with van der Waals surface area (Å²) < 4.78 is 0. The topological polar surface area (TPSA) is 24.9 Å². The molecule has 0 aromatic carbocycles. The van der Waals surface area contributed by atoms with E-state index in [0.717, 1.165) is 11.8 Å². The quantitative estimate of drug-likeness (QED) is 0.782. The summed E-state index contributed by atoms with van der Waals surface area (Å²) in [7, 11) is 0. The van der Waals surface area contributed by atoms with Gasteiger partial charge >= 0.3 is 0 Å². The zero-order chi connectivity index (χ0) is 13.5. The van der Waals surface area contributed by atoms with Gasteiger partial charge in [0.2, 0.25) is 0 Å². The summed E-state index contributed by atoms with van der Waals surface area (Å²) in [6, 6.07) is 5.13. The number of hydrogen-bond acceptors (Lipinski definition) is 2. The highest BCUT2D eigenvalue weighted by molar-refractivity contribution is 5.12. The Morgan fingerprint density at radius 3 is 2.11 bits per heavy atom. The maximum absolute atomic E-state index is 4.19. The van der Waals surface area contributed by atoms with E-state index in [2.05, 4.69) is 51.0 Å². The molecule has 0 saturated carbocycles. The van der Waals surface area contributed by atoms with Crippen molar-refractivity contribution in [2.45, 2.75) is 59.5 Å². The lowest BCUT2D eigenvalue weighted by atomic mass is 9.94. The Kier molecular flexibility index (Phi) is 6.34. The SMILES string of the molecule is CC(C)CC(CC(C)C)N[C@H](C)c1cccnc1. The summed E-state index contributed by atoms with van der Waals surface area (Å²) >= 11 is 0. The van der Waals surface area contributed by atoms with Crippen LogP contribution in [0, 0.1) is 11.8 Å². The fourth-order valence-corrected chi connectivity index (χ4v) is 2.45. The van der Waals surface area contributed by atoms with Gasteiger partial charge in [0, 0.05) is 24.5 Å². The van der Waals surface area contributed by atoms with Crippen LogP contribution in [0.1, 0.15) is 59.1 Å². The Bertz CT molecular complexity index is 309. The van der Waals surface area contributed by atoms with E-state index >= 15 is 0 Å². The number of pyridine rings is 1. The molecule has 0 radical (unpaired) electrons. The molecule has 0 aliphatic rings. The van der Waals surface area contributed by atoms with E-state index in [1.54, 1.807) is 0 Å². The minimum atomic E-state index is 0.376. The predicted octanol–water partition coefficient (Wildman–Crippen LogP) is 4.19. The van der Waals surface area contributed by atoms with Gasteiger partial charge in [-0.2, -0.15) is 0 Å². The van der Waals surface area contributed by atoms with E-state index in [0.29, 0.717) is 12.1 Å². The van der Waals surface area contributed by atoms with E-state index in [1.807, 2.05) is 18.5 Å². The fraction of sp³-hybridized carbons (Fsp3) is 0.688. The van der Waals surface area contributed by atoms with Crippen LogP contribution in [0.15, 0.2) is 24.5 Å². The van der Waals surface area contributed by atoms with Gasteiger partial charge in [0.05, 0.1) is 0 Å². The van der Waals surface area contributed by atoms with E-state index in [-0.39, 0.29) is 0 Å². The molecule has 1 atom stereocenters. The van der Waals surface area contributed by atoms with Gasteiger partial charge in [-0.05, 0) is 43.2 Å². The van der Waals surface area contributed by atoms with Gasteiger partial charge in [-0.15, -0.1) is 0 Å². The Labute approximate surface area is 112 Å². The average Bonchev–Trinajstić information content (AvgIpc) is 2.28. The van der Waals surface area contributed by atoms with Gasteiger partial charge in [0.25, 0.3) is 0 Å². The van der Waals surface area contributed by atoms with Crippen molar-refractivity contribution in [2.24, 2.45) is 11.8 Å². The molecule has 2 heteroatoms. The van der Waals surface area contributed by atoms with Gasteiger partial charge in [-0.3, -0.25) is 4.98 Å². The summed E-state index contributed by atoms with van der Waals surface area (Å²) in [4.78, 5) is 4.19. The maximum atomic E-state index is 4.19. The van der Waals surface area contributed by atoms with Gasteiger partial charge in [0.15, 0.2) is 0 Å². The van der Waals surface area contributed by atoms with Gasteiger partial charge in [-0.1, -0.05) is 33.8 Å². The number of hydrogen-bond donors (Lipinski definition) is 1. The van der Waals surface area contributed by atoms with Crippen molar-refractivity contribution in [3.05, 3.63) is 30.1 Å². The molecule has 0 fully saturated rings. The first-order chi connectivity index (χ1) is 8.49. The molecule has 0 aliphatic carbocycles. The van der Waals surface area contributed by atoms with E-state index < -0.39 is 0 Å². The minimum absolute atomic E-state index is 0.376. The average molecular weight is 248 g/mol. The van der Waals surface area contributed by atoms with Crippen molar-refractivity contribution in [1.82, 2.24) is 10.3 Å². The normalized spacial score (nSPS) is 13.6. The van der Waals surface area contributed by atoms with Crippen molar-refractivity contribution >= 4 is 0 Å². The van der Waals surface area contributed by atoms with Crippen molar-refractivity contribution in [3.8, 4) is 0 Å². The number of nitrogens with one attached hydrogen (secondary N) is 1. The summed E-state index contributed by atoms with van der Waals surface area (Å²) in [5.41, 5.74) is 1.27. The highest BCUT2D eigenvalue weighted by atomic mass is 14.9. The second kappa shape index (κ2) is 7.52. The molecule has 0 spiro atoms. The molecule has 1 aromatic rings. The highest BCUT2D eigenvalue weighted by Gasteiger charge is 2.16. The summed E-state index contributed by atoms with van der Waals surface area (Å²) in [6.45, 7) is 11.4. The standard InChI is InChI=1S/C16H28N2/c1-12(2)9-16(10-13(3)4)18-14(5)15-7-6-8-17-11-15/h6-8,11-14,16,18H,9-10H2,1-5H3/t14-/m1/s1. The van der Waals surface area contributed by atoms with Crippen molar-refractivity contribution in [2.75, 3.05) is 0 Å². The monoisotopic (exact) mass is 248 g/mol. The predicted molar refractivity (Wildman–Crippen MR) is 78.5 cm³/mol. The number of rotatable bonds is 7. The first-order valence-electron chi connectivity index (χ1n) is 7.15. The Hall–Kier alpha value is -0.890. The largest absolute Gasteiger partial charge is 0.307 e. The van der Waals surface area contributed by atoms with Crippen LogP contribution in [0.2, 0.25) is 0 Å². The molecule has 102 valence electrons. The zero-order valence-corrected chi connectivity index (χ0v) is 12.5. The Morgan fingerprint density at radius 1 is 1.06 bits per heavy atom. The van der Waals surface area contributed by atoms with Gasteiger partial charge in [-0.25, -0.2) is 0 Å².